The molecule has 0 radical (unpaired) electrons. The normalized spacial score (nSPS) is 10.4. The summed E-state index contributed by atoms with van der Waals surface area (Å²) in [6, 6.07) is 4.62. The first-order chi connectivity index (χ1) is 8.51. The number of aromatic nitrogens is 3. The molecule has 0 aliphatic carbocycles. The molecule has 0 spiro atoms. The second-order valence-corrected chi connectivity index (χ2v) is 4.63. The first-order valence-corrected chi connectivity index (χ1v) is 6.02. The van der Waals surface area contributed by atoms with E-state index in [1.165, 1.54) is 5.56 Å². The van der Waals surface area contributed by atoms with Gasteiger partial charge in [0.15, 0.2) is 0 Å². The molecular formula is C13H15N3OS. The van der Waals surface area contributed by atoms with Crippen molar-refractivity contribution in [2.45, 2.75) is 20.8 Å². The van der Waals surface area contributed by atoms with Crippen molar-refractivity contribution in [2.24, 2.45) is 0 Å². The molecule has 18 heavy (non-hydrogen) atoms. The predicted molar refractivity (Wildman–Crippen MR) is 73.4 cm³/mol. The molecule has 2 rings (SSSR count). The maximum Gasteiger partial charge on any atom is 0.297 e. The average molecular weight is 261 g/mol. The van der Waals surface area contributed by atoms with Crippen LogP contribution < -0.4 is 4.74 Å². The number of H-pyrrole nitrogens is 1. The summed E-state index contributed by atoms with van der Waals surface area (Å²) in [6.07, 6.45) is 0. The summed E-state index contributed by atoms with van der Waals surface area (Å²) < 4.78 is 5.37. The minimum Gasteiger partial charge on any atom is -0.468 e. The van der Waals surface area contributed by atoms with Gasteiger partial charge in [-0.15, -0.1) is 0 Å². The van der Waals surface area contributed by atoms with E-state index in [0.29, 0.717) is 11.8 Å². The Morgan fingerprint density at radius 2 is 1.72 bits per heavy atom. The van der Waals surface area contributed by atoms with Crippen LogP contribution in [0.1, 0.15) is 16.7 Å². The summed E-state index contributed by atoms with van der Waals surface area (Å²) in [5, 5.41) is 0. The first-order valence-electron chi connectivity index (χ1n) is 5.62. The van der Waals surface area contributed by atoms with E-state index in [4.69, 9.17) is 17.0 Å². The molecule has 2 aromatic rings. The van der Waals surface area contributed by atoms with E-state index in [1.54, 1.807) is 7.11 Å². The molecule has 0 aliphatic rings. The largest absolute Gasteiger partial charge is 0.468 e. The number of nitrogens with zero attached hydrogens (tertiary/aromatic N) is 2. The van der Waals surface area contributed by atoms with Crippen molar-refractivity contribution >= 4 is 12.2 Å². The maximum atomic E-state index is 5.09. The van der Waals surface area contributed by atoms with E-state index in [0.717, 1.165) is 16.7 Å². The Balaban J connectivity index is 2.69. The van der Waals surface area contributed by atoms with Crippen LogP contribution in [0.5, 0.6) is 6.01 Å². The molecule has 1 N–H and O–H groups in total. The fourth-order valence-electron chi connectivity index (χ4n) is 2.13. The van der Waals surface area contributed by atoms with E-state index in [2.05, 4.69) is 47.9 Å². The van der Waals surface area contributed by atoms with Gasteiger partial charge in [-0.2, -0.15) is 4.98 Å². The highest BCUT2D eigenvalue weighted by molar-refractivity contribution is 7.71. The Kier molecular flexibility index (Phi) is 3.43. The summed E-state index contributed by atoms with van der Waals surface area (Å²) in [5.41, 5.74) is 4.58. The Bertz CT molecular complexity index is 626. The smallest absolute Gasteiger partial charge is 0.297 e. The molecule has 0 saturated heterocycles. The average Bonchev–Trinajstić information content (AvgIpc) is 2.26. The third-order valence-electron chi connectivity index (χ3n) is 2.74. The lowest BCUT2D eigenvalue weighted by molar-refractivity contribution is 0.378. The van der Waals surface area contributed by atoms with Crippen molar-refractivity contribution in [1.82, 2.24) is 15.0 Å². The molecule has 1 aromatic heterocycles. The Labute approximate surface area is 111 Å². The van der Waals surface area contributed by atoms with Crippen LogP contribution in [0, 0.1) is 25.5 Å². The molecule has 4 nitrogen and oxygen atoms in total. The molecule has 0 fully saturated rings. The van der Waals surface area contributed by atoms with Crippen molar-refractivity contribution in [3.63, 3.8) is 0 Å². The quantitative estimate of drug-likeness (QED) is 0.844. The van der Waals surface area contributed by atoms with Crippen LogP contribution in [0.2, 0.25) is 0 Å². The number of hydrogen-bond donors (Lipinski definition) is 1. The third kappa shape index (κ3) is 2.41. The molecule has 0 bridgehead atoms. The van der Waals surface area contributed by atoms with Crippen molar-refractivity contribution in [1.29, 1.82) is 0 Å². The molecule has 94 valence electrons. The van der Waals surface area contributed by atoms with Gasteiger partial charge >= 0.3 is 0 Å². The topological polar surface area (TPSA) is 50.8 Å². The molecule has 0 aliphatic heterocycles. The van der Waals surface area contributed by atoms with Gasteiger partial charge < -0.3 is 4.74 Å². The van der Waals surface area contributed by atoms with Crippen LogP contribution in [-0.2, 0) is 0 Å². The highest BCUT2D eigenvalue weighted by atomic mass is 32.1. The van der Waals surface area contributed by atoms with E-state index in [1.807, 2.05) is 0 Å². The van der Waals surface area contributed by atoms with E-state index in [9.17, 15) is 0 Å². The van der Waals surface area contributed by atoms with E-state index < -0.39 is 0 Å². The molecule has 0 atom stereocenters. The maximum absolute atomic E-state index is 5.09. The van der Waals surface area contributed by atoms with Gasteiger partial charge in [0.25, 0.3) is 6.01 Å². The van der Waals surface area contributed by atoms with Gasteiger partial charge in [-0.25, -0.2) is 4.98 Å². The lowest BCUT2D eigenvalue weighted by atomic mass is 9.99. The number of hydrogen-bond acceptors (Lipinski definition) is 4. The number of aromatic amines is 1. The molecule has 1 aromatic carbocycles. The number of rotatable bonds is 2. The van der Waals surface area contributed by atoms with Crippen molar-refractivity contribution in [3.8, 4) is 17.4 Å². The van der Waals surface area contributed by atoms with Crippen LogP contribution in [-0.4, -0.2) is 22.1 Å². The zero-order valence-corrected chi connectivity index (χ0v) is 11.7. The van der Waals surface area contributed by atoms with Crippen LogP contribution in [0.15, 0.2) is 12.1 Å². The highest BCUT2D eigenvalue weighted by Gasteiger charge is 2.10. The van der Waals surface area contributed by atoms with Gasteiger partial charge in [-0.05, 0) is 44.1 Å². The zero-order valence-electron chi connectivity index (χ0n) is 10.9. The summed E-state index contributed by atoms with van der Waals surface area (Å²) in [7, 11) is 1.55. The minimum atomic E-state index is 0.278. The van der Waals surface area contributed by atoms with Crippen molar-refractivity contribution in [3.05, 3.63) is 33.6 Å². The van der Waals surface area contributed by atoms with Crippen LogP contribution in [0.4, 0.5) is 0 Å². The number of ether oxygens (including phenoxy) is 1. The van der Waals surface area contributed by atoms with Crippen LogP contribution in [0.3, 0.4) is 0 Å². The Hall–Kier alpha value is -1.75. The summed E-state index contributed by atoms with van der Waals surface area (Å²) in [4.78, 5) is 11.3. The number of aryl methyl sites for hydroxylation is 3. The molecule has 0 unspecified atom stereocenters. The van der Waals surface area contributed by atoms with Crippen molar-refractivity contribution in [2.75, 3.05) is 7.11 Å². The third-order valence-corrected chi connectivity index (χ3v) is 2.92. The second kappa shape index (κ2) is 4.86. The molecule has 0 amide bonds. The molecule has 1 heterocycles. The number of methoxy groups -OCH3 is 1. The lowest BCUT2D eigenvalue weighted by Gasteiger charge is -2.11. The minimum absolute atomic E-state index is 0.278. The number of nitrogens with one attached hydrogen (secondary N) is 1. The summed E-state index contributed by atoms with van der Waals surface area (Å²) in [5.74, 6) is 0.696. The Morgan fingerprint density at radius 3 is 2.28 bits per heavy atom. The van der Waals surface area contributed by atoms with Gasteiger partial charge in [0.05, 0.1) is 7.11 Å². The fourth-order valence-corrected chi connectivity index (χ4v) is 2.31. The standard InChI is InChI=1S/C13H15N3OS/c1-7-5-8(2)10(9(3)6-7)11-14-12(17-4)16-13(18)15-11/h5-6H,1-4H3,(H,14,15,16,18). The molecule has 5 heteroatoms. The second-order valence-electron chi connectivity index (χ2n) is 4.26. The van der Waals surface area contributed by atoms with Gasteiger partial charge in [0, 0.05) is 5.56 Å². The summed E-state index contributed by atoms with van der Waals surface area (Å²) in [6.45, 7) is 6.19. The summed E-state index contributed by atoms with van der Waals surface area (Å²) >= 11 is 5.04. The molecular weight excluding hydrogens is 246 g/mol. The predicted octanol–water partition coefficient (Wildman–Crippen LogP) is 3.14. The van der Waals surface area contributed by atoms with Gasteiger partial charge in [-0.1, -0.05) is 17.7 Å². The first kappa shape index (κ1) is 12.7. The van der Waals surface area contributed by atoms with Crippen molar-refractivity contribution < 1.29 is 4.74 Å². The zero-order chi connectivity index (χ0) is 13.3. The van der Waals surface area contributed by atoms with E-state index in [-0.39, 0.29) is 4.77 Å². The Morgan fingerprint density at radius 1 is 1.11 bits per heavy atom. The van der Waals surface area contributed by atoms with Gasteiger partial charge in [0.2, 0.25) is 4.77 Å². The monoisotopic (exact) mass is 261 g/mol. The molecule has 0 saturated carbocycles. The number of benzene rings is 1. The SMILES string of the molecule is COc1nc(=S)nc(-c2c(C)cc(C)cc2C)[nH]1. The lowest BCUT2D eigenvalue weighted by Crippen LogP contribution is -2.00. The van der Waals surface area contributed by atoms with E-state index >= 15 is 0 Å². The van der Waals surface area contributed by atoms with Crippen LogP contribution in [0.25, 0.3) is 11.4 Å². The highest BCUT2D eigenvalue weighted by Crippen LogP contribution is 2.26. The fraction of sp³-hybridized carbons (Fsp3) is 0.308. The van der Waals surface area contributed by atoms with Gasteiger partial charge in [-0.3, -0.25) is 4.98 Å². The van der Waals surface area contributed by atoms with Gasteiger partial charge in [0.1, 0.15) is 5.82 Å². The van der Waals surface area contributed by atoms with Crippen LogP contribution >= 0.6 is 12.2 Å².